The maximum atomic E-state index is 12.8. The molecule has 0 amide bonds. The molecule has 27 heavy (non-hydrogen) atoms. The maximum Gasteiger partial charge on any atom is 0.340 e. The van der Waals surface area contributed by atoms with Crippen LogP contribution < -0.4 is 15.3 Å². The van der Waals surface area contributed by atoms with E-state index in [1.54, 1.807) is 24.3 Å². The summed E-state index contributed by atoms with van der Waals surface area (Å²) >= 11 is 0. The standard InChI is InChI=1S/C20H11O6P/c21-9-1-3-11-14(7-9)25-15-8-10(22)2-4-12(15)20(11)13-5-6-16-18(27(16)24)17(13)19(23)26-20/h1-8,21-22,27H. The Labute approximate surface area is 153 Å². The van der Waals surface area contributed by atoms with Gasteiger partial charge in [0.2, 0.25) is 0 Å². The molecule has 0 saturated carbocycles. The molecule has 0 aromatic heterocycles. The SMILES string of the molecule is O=C1OC2(c3ccc(O)cc3Oc3cc(O)ccc32)c2ccc3c(c21)[PH]3=O. The van der Waals surface area contributed by atoms with Crippen molar-refractivity contribution in [3.8, 4) is 23.0 Å². The molecule has 132 valence electrons. The lowest BCUT2D eigenvalue weighted by atomic mass is 9.77. The number of esters is 1. The fourth-order valence-corrected chi connectivity index (χ4v) is 5.59. The van der Waals surface area contributed by atoms with Crippen molar-refractivity contribution >= 4 is 24.4 Å². The predicted octanol–water partition coefficient (Wildman–Crippen LogP) is 2.49. The lowest BCUT2D eigenvalue weighted by molar-refractivity contribution is 0.0225. The molecule has 3 aromatic carbocycles. The fraction of sp³-hybridized carbons (Fsp3) is 0.0500. The fourth-order valence-electron chi connectivity index (χ4n) is 4.16. The van der Waals surface area contributed by atoms with Crippen LogP contribution in [0.3, 0.4) is 0 Å². The Morgan fingerprint density at radius 3 is 2.07 bits per heavy atom. The molecule has 0 aliphatic carbocycles. The summed E-state index contributed by atoms with van der Waals surface area (Å²) < 4.78 is 24.0. The first-order valence-electron chi connectivity index (χ1n) is 8.31. The van der Waals surface area contributed by atoms with E-state index in [0.29, 0.717) is 39.1 Å². The van der Waals surface area contributed by atoms with Gasteiger partial charge >= 0.3 is 5.97 Å². The second-order valence-electron chi connectivity index (χ2n) is 6.77. The predicted molar refractivity (Wildman–Crippen MR) is 96.3 cm³/mol. The van der Waals surface area contributed by atoms with E-state index in [0.717, 1.165) is 5.30 Å². The third-order valence-electron chi connectivity index (χ3n) is 5.35. The van der Waals surface area contributed by atoms with E-state index in [-0.39, 0.29) is 11.5 Å². The van der Waals surface area contributed by atoms with E-state index in [1.165, 1.54) is 24.3 Å². The number of aromatic hydroxyl groups is 2. The second kappa shape index (κ2) is 4.53. The molecule has 1 atom stereocenters. The van der Waals surface area contributed by atoms with Crippen LogP contribution >= 0.6 is 7.80 Å². The molecule has 0 saturated heterocycles. The van der Waals surface area contributed by atoms with Crippen molar-refractivity contribution in [2.45, 2.75) is 5.60 Å². The molecule has 1 unspecified atom stereocenters. The zero-order valence-electron chi connectivity index (χ0n) is 13.6. The van der Waals surface area contributed by atoms with Crippen LogP contribution in [0.15, 0.2) is 48.5 Å². The van der Waals surface area contributed by atoms with Gasteiger partial charge in [0.15, 0.2) is 5.60 Å². The molecule has 3 aliphatic rings. The Kier molecular flexibility index (Phi) is 2.50. The van der Waals surface area contributed by atoms with Gasteiger partial charge in [-0.25, -0.2) is 4.79 Å². The van der Waals surface area contributed by atoms with Crippen LogP contribution in [-0.2, 0) is 14.9 Å². The molecule has 3 aromatic rings. The van der Waals surface area contributed by atoms with Gasteiger partial charge in [-0.15, -0.1) is 0 Å². The summed E-state index contributed by atoms with van der Waals surface area (Å²) in [5, 5.41) is 21.1. The van der Waals surface area contributed by atoms with Crippen molar-refractivity contribution in [2.24, 2.45) is 0 Å². The maximum absolute atomic E-state index is 12.8. The van der Waals surface area contributed by atoms with Crippen LogP contribution in [0.5, 0.6) is 23.0 Å². The molecule has 6 nitrogen and oxygen atoms in total. The van der Waals surface area contributed by atoms with Gasteiger partial charge in [-0.05, 0) is 24.3 Å². The molecular formula is C20H11O6P. The van der Waals surface area contributed by atoms with Gasteiger partial charge in [-0.2, -0.15) is 0 Å². The summed E-state index contributed by atoms with van der Waals surface area (Å²) in [6.45, 7) is 0. The van der Waals surface area contributed by atoms with Gasteiger partial charge in [0.25, 0.3) is 0 Å². The average Bonchev–Trinajstić information content (AvgIpc) is 3.20. The van der Waals surface area contributed by atoms with Gasteiger partial charge in [0.05, 0.1) is 5.56 Å². The average molecular weight is 378 g/mol. The first kappa shape index (κ1) is 14.9. The van der Waals surface area contributed by atoms with Gasteiger partial charge < -0.3 is 24.3 Å². The number of hydrogen-bond acceptors (Lipinski definition) is 6. The lowest BCUT2D eigenvalue weighted by Crippen LogP contribution is -2.33. The molecule has 0 bridgehead atoms. The summed E-state index contributed by atoms with van der Waals surface area (Å²) in [6, 6.07) is 12.7. The zero-order valence-corrected chi connectivity index (χ0v) is 14.6. The summed E-state index contributed by atoms with van der Waals surface area (Å²) in [5.74, 6) is 0.125. The number of carbonyl (C=O) groups excluding carboxylic acids is 1. The summed E-state index contributed by atoms with van der Waals surface area (Å²) in [7, 11) is -2.03. The summed E-state index contributed by atoms with van der Waals surface area (Å²) in [4.78, 5) is 12.8. The number of fused-ring (bicyclic) bond motifs is 8. The number of phenols is 2. The Bertz CT molecular complexity index is 1190. The second-order valence-corrected chi connectivity index (χ2v) is 8.47. The molecule has 6 rings (SSSR count). The van der Waals surface area contributed by atoms with Crippen molar-refractivity contribution in [1.29, 1.82) is 0 Å². The number of benzene rings is 3. The molecule has 2 N–H and O–H groups in total. The quantitative estimate of drug-likeness (QED) is 0.361. The smallest absolute Gasteiger partial charge is 0.340 e. The van der Waals surface area contributed by atoms with Crippen molar-refractivity contribution in [3.05, 3.63) is 70.8 Å². The van der Waals surface area contributed by atoms with E-state index in [4.69, 9.17) is 9.47 Å². The molecule has 1 spiro atoms. The third-order valence-corrected chi connectivity index (χ3v) is 6.98. The monoisotopic (exact) mass is 378 g/mol. The van der Waals surface area contributed by atoms with Gasteiger partial charge in [-0.3, -0.25) is 0 Å². The largest absolute Gasteiger partial charge is 0.508 e. The highest BCUT2D eigenvalue weighted by atomic mass is 31.1. The number of ether oxygens (including phenoxy) is 2. The highest BCUT2D eigenvalue weighted by Gasteiger charge is 2.56. The van der Waals surface area contributed by atoms with E-state index < -0.39 is 19.4 Å². The Morgan fingerprint density at radius 2 is 1.44 bits per heavy atom. The number of hydrogen-bond donors (Lipinski definition) is 2. The van der Waals surface area contributed by atoms with Crippen LogP contribution in [0.25, 0.3) is 0 Å². The van der Waals surface area contributed by atoms with E-state index in [2.05, 4.69) is 0 Å². The highest BCUT2D eigenvalue weighted by Crippen LogP contribution is 2.58. The van der Waals surface area contributed by atoms with Gasteiger partial charge in [-0.1, -0.05) is 12.1 Å². The van der Waals surface area contributed by atoms with E-state index >= 15 is 0 Å². The van der Waals surface area contributed by atoms with Crippen LogP contribution in [-0.4, -0.2) is 16.2 Å². The number of phenolic OH excluding ortho intramolecular Hbond substituents is 2. The molecular weight excluding hydrogens is 367 g/mol. The van der Waals surface area contributed by atoms with Crippen molar-refractivity contribution in [3.63, 3.8) is 0 Å². The zero-order chi connectivity index (χ0) is 18.5. The minimum absolute atomic E-state index is 0.00228. The van der Waals surface area contributed by atoms with Crippen molar-refractivity contribution in [1.82, 2.24) is 0 Å². The van der Waals surface area contributed by atoms with Gasteiger partial charge in [0, 0.05) is 39.4 Å². The van der Waals surface area contributed by atoms with Crippen molar-refractivity contribution in [2.75, 3.05) is 0 Å². The normalized spacial score (nSPS) is 19.4. The Hall–Kier alpha value is -3.24. The highest BCUT2D eigenvalue weighted by molar-refractivity contribution is 7.73. The first-order valence-corrected chi connectivity index (χ1v) is 9.72. The topological polar surface area (TPSA) is 93.1 Å². The first-order chi connectivity index (χ1) is 13.0. The molecule has 7 heteroatoms. The van der Waals surface area contributed by atoms with Crippen LogP contribution in [0.2, 0.25) is 0 Å². The minimum atomic E-state index is -2.03. The molecule has 3 heterocycles. The van der Waals surface area contributed by atoms with Crippen molar-refractivity contribution < 1.29 is 29.0 Å². The van der Waals surface area contributed by atoms with E-state index in [1.807, 2.05) is 0 Å². The van der Waals surface area contributed by atoms with Crippen LogP contribution in [0, 0.1) is 0 Å². The molecule has 0 fully saturated rings. The van der Waals surface area contributed by atoms with Crippen LogP contribution in [0.1, 0.15) is 27.0 Å². The number of carbonyl (C=O) groups is 1. The number of rotatable bonds is 0. The third kappa shape index (κ3) is 1.66. The summed E-state index contributed by atoms with van der Waals surface area (Å²) in [6.07, 6.45) is 0. The lowest BCUT2D eigenvalue weighted by Gasteiger charge is -2.36. The van der Waals surface area contributed by atoms with Crippen LogP contribution in [0.4, 0.5) is 0 Å². The Balaban J connectivity index is 1.75. The minimum Gasteiger partial charge on any atom is -0.508 e. The Morgan fingerprint density at radius 1 is 0.852 bits per heavy atom. The molecule has 3 aliphatic heterocycles. The molecule has 0 radical (unpaired) electrons. The van der Waals surface area contributed by atoms with Gasteiger partial charge in [0.1, 0.15) is 30.8 Å². The van der Waals surface area contributed by atoms with E-state index in [9.17, 15) is 19.6 Å². The summed E-state index contributed by atoms with van der Waals surface area (Å²) in [5.41, 5.74) is 0.800.